The normalized spacial score (nSPS) is 10.4. The standard InChI is InChI=1S/C18H21N3O4/c1-12-8-13(18(24)25-3)4-5-14(12)9-19-17(23)7-6-16(22)15-10-20-21(2)11-15/h4-5,8,10-11H,6-7,9H2,1-3H3,(H,19,23). The summed E-state index contributed by atoms with van der Waals surface area (Å²) in [6.07, 6.45) is 3.38. The van der Waals surface area contributed by atoms with Gasteiger partial charge in [0.25, 0.3) is 0 Å². The number of methoxy groups -OCH3 is 1. The van der Waals surface area contributed by atoms with E-state index in [4.69, 9.17) is 0 Å². The van der Waals surface area contributed by atoms with E-state index in [1.54, 1.807) is 36.1 Å². The van der Waals surface area contributed by atoms with Crippen LogP contribution < -0.4 is 5.32 Å². The third-order valence-electron chi connectivity index (χ3n) is 3.85. The molecule has 7 nitrogen and oxygen atoms in total. The number of aryl methyl sites for hydroxylation is 2. The molecule has 0 aliphatic rings. The molecule has 2 rings (SSSR count). The van der Waals surface area contributed by atoms with E-state index in [0.29, 0.717) is 17.7 Å². The lowest BCUT2D eigenvalue weighted by molar-refractivity contribution is -0.121. The highest BCUT2D eigenvalue weighted by Gasteiger charge is 2.12. The van der Waals surface area contributed by atoms with Crippen LogP contribution in [-0.4, -0.2) is 34.6 Å². The number of carbonyl (C=O) groups is 3. The molecule has 0 aliphatic carbocycles. The molecule has 132 valence electrons. The maximum Gasteiger partial charge on any atom is 0.337 e. The van der Waals surface area contributed by atoms with E-state index < -0.39 is 5.97 Å². The van der Waals surface area contributed by atoms with Crippen molar-refractivity contribution in [3.05, 3.63) is 52.8 Å². The number of esters is 1. The SMILES string of the molecule is COC(=O)c1ccc(CNC(=O)CCC(=O)c2cnn(C)c2)c(C)c1. The third-order valence-corrected chi connectivity index (χ3v) is 3.85. The molecule has 0 spiro atoms. The van der Waals surface area contributed by atoms with Crippen molar-refractivity contribution in [3.8, 4) is 0 Å². The molecule has 1 aromatic carbocycles. The van der Waals surface area contributed by atoms with E-state index >= 15 is 0 Å². The summed E-state index contributed by atoms with van der Waals surface area (Å²) in [6.45, 7) is 2.20. The summed E-state index contributed by atoms with van der Waals surface area (Å²) in [7, 11) is 3.07. The van der Waals surface area contributed by atoms with Crippen molar-refractivity contribution >= 4 is 17.7 Å². The molecule has 0 radical (unpaired) electrons. The van der Waals surface area contributed by atoms with E-state index in [2.05, 4.69) is 15.2 Å². The Kier molecular flexibility index (Phi) is 6.05. The molecule has 1 aromatic heterocycles. The molecule has 0 unspecified atom stereocenters. The summed E-state index contributed by atoms with van der Waals surface area (Å²) in [5.41, 5.74) is 2.76. The zero-order valence-corrected chi connectivity index (χ0v) is 14.5. The second-order valence-electron chi connectivity index (χ2n) is 5.74. The lowest BCUT2D eigenvalue weighted by Gasteiger charge is -2.09. The highest BCUT2D eigenvalue weighted by atomic mass is 16.5. The monoisotopic (exact) mass is 343 g/mol. The Hall–Kier alpha value is -2.96. The van der Waals surface area contributed by atoms with Gasteiger partial charge in [0, 0.05) is 32.6 Å². The maximum absolute atomic E-state index is 11.9. The van der Waals surface area contributed by atoms with Crippen LogP contribution in [0.3, 0.4) is 0 Å². The second kappa shape index (κ2) is 8.23. The topological polar surface area (TPSA) is 90.3 Å². The quantitative estimate of drug-likeness (QED) is 0.611. The van der Waals surface area contributed by atoms with Gasteiger partial charge in [-0.05, 0) is 30.2 Å². The number of aromatic nitrogens is 2. The van der Waals surface area contributed by atoms with E-state index in [1.807, 2.05) is 6.92 Å². The molecule has 0 saturated heterocycles. The molecular formula is C18H21N3O4. The van der Waals surface area contributed by atoms with Crippen LogP contribution in [0.5, 0.6) is 0 Å². The van der Waals surface area contributed by atoms with Crippen molar-refractivity contribution in [2.45, 2.75) is 26.3 Å². The van der Waals surface area contributed by atoms with Crippen LogP contribution in [0.15, 0.2) is 30.6 Å². The molecule has 1 heterocycles. The van der Waals surface area contributed by atoms with E-state index in [0.717, 1.165) is 11.1 Å². The number of hydrogen-bond donors (Lipinski definition) is 1. The highest BCUT2D eigenvalue weighted by Crippen LogP contribution is 2.12. The largest absolute Gasteiger partial charge is 0.465 e. The number of amides is 1. The zero-order chi connectivity index (χ0) is 18.4. The van der Waals surface area contributed by atoms with Gasteiger partial charge in [0.1, 0.15) is 0 Å². The molecular weight excluding hydrogens is 322 g/mol. The lowest BCUT2D eigenvalue weighted by atomic mass is 10.0. The number of hydrogen-bond acceptors (Lipinski definition) is 5. The number of rotatable bonds is 7. The minimum Gasteiger partial charge on any atom is -0.465 e. The van der Waals surface area contributed by atoms with Crippen molar-refractivity contribution in [2.24, 2.45) is 7.05 Å². The fourth-order valence-electron chi connectivity index (χ4n) is 2.36. The van der Waals surface area contributed by atoms with Gasteiger partial charge < -0.3 is 10.1 Å². The Bertz CT molecular complexity index is 795. The molecule has 7 heteroatoms. The van der Waals surface area contributed by atoms with Gasteiger partial charge >= 0.3 is 5.97 Å². The second-order valence-corrected chi connectivity index (χ2v) is 5.74. The summed E-state index contributed by atoms with van der Waals surface area (Å²) in [5, 5.41) is 6.72. The van der Waals surface area contributed by atoms with Crippen LogP contribution in [0.4, 0.5) is 0 Å². The van der Waals surface area contributed by atoms with Gasteiger partial charge in [0.05, 0.1) is 24.4 Å². The average molecular weight is 343 g/mol. The molecule has 1 amide bonds. The van der Waals surface area contributed by atoms with Crippen LogP contribution in [0, 0.1) is 6.92 Å². The van der Waals surface area contributed by atoms with Crippen LogP contribution in [0.1, 0.15) is 44.7 Å². The molecule has 1 N–H and O–H groups in total. The van der Waals surface area contributed by atoms with E-state index in [-0.39, 0.29) is 24.5 Å². The fourth-order valence-corrected chi connectivity index (χ4v) is 2.36. The van der Waals surface area contributed by atoms with Crippen molar-refractivity contribution in [1.82, 2.24) is 15.1 Å². The molecule has 0 bridgehead atoms. The third kappa shape index (κ3) is 5.00. The van der Waals surface area contributed by atoms with Crippen LogP contribution in [0.25, 0.3) is 0 Å². The minimum atomic E-state index is -0.396. The summed E-state index contributed by atoms with van der Waals surface area (Å²) in [4.78, 5) is 35.4. The van der Waals surface area contributed by atoms with Crippen molar-refractivity contribution < 1.29 is 19.1 Å². The Balaban J connectivity index is 1.83. The van der Waals surface area contributed by atoms with Crippen molar-refractivity contribution in [3.63, 3.8) is 0 Å². The first-order valence-electron chi connectivity index (χ1n) is 7.87. The molecule has 0 atom stereocenters. The van der Waals surface area contributed by atoms with Crippen LogP contribution >= 0.6 is 0 Å². The van der Waals surface area contributed by atoms with E-state index in [1.165, 1.54) is 13.3 Å². The molecule has 0 saturated carbocycles. The summed E-state index contributed by atoms with van der Waals surface area (Å²) in [5.74, 6) is -0.705. The minimum absolute atomic E-state index is 0.109. The number of nitrogens with zero attached hydrogens (tertiary/aromatic N) is 2. The van der Waals surface area contributed by atoms with Gasteiger partial charge in [-0.25, -0.2) is 4.79 Å². The van der Waals surface area contributed by atoms with Gasteiger partial charge in [0.15, 0.2) is 5.78 Å². The predicted molar refractivity (Wildman–Crippen MR) is 91.1 cm³/mol. The van der Waals surface area contributed by atoms with Gasteiger partial charge in [-0.3, -0.25) is 14.3 Å². The first-order valence-corrected chi connectivity index (χ1v) is 7.87. The molecule has 0 fully saturated rings. The number of ketones is 1. The van der Waals surface area contributed by atoms with Gasteiger partial charge in [-0.1, -0.05) is 6.07 Å². The van der Waals surface area contributed by atoms with Crippen molar-refractivity contribution in [1.29, 1.82) is 0 Å². The smallest absolute Gasteiger partial charge is 0.337 e. The Morgan fingerprint density at radius 3 is 2.56 bits per heavy atom. The number of ether oxygens (including phenoxy) is 1. The Labute approximate surface area is 146 Å². The lowest BCUT2D eigenvalue weighted by Crippen LogP contribution is -2.23. The highest BCUT2D eigenvalue weighted by molar-refractivity contribution is 5.97. The fraction of sp³-hybridized carbons (Fsp3) is 0.333. The van der Waals surface area contributed by atoms with Crippen molar-refractivity contribution in [2.75, 3.05) is 7.11 Å². The Morgan fingerprint density at radius 1 is 1.20 bits per heavy atom. The summed E-state index contributed by atoms with van der Waals surface area (Å²) < 4.78 is 6.22. The number of carbonyl (C=O) groups excluding carboxylic acids is 3. The predicted octanol–water partition coefficient (Wildman–Crippen LogP) is 1.79. The number of Topliss-reactive ketones (excluding diaryl/α,β-unsaturated/α-hetero) is 1. The summed E-state index contributed by atoms with van der Waals surface area (Å²) in [6, 6.07) is 5.16. The van der Waals surface area contributed by atoms with Crippen LogP contribution in [-0.2, 0) is 23.1 Å². The van der Waals surface area contributed by atoms with Crippen LogP contribution in [0.2, 0.25) is 0 Å². The first kappa shape index (κ1) is 18.4. The maximum atomic E-state index is 11.9. The first-order chi connectivity index (χ1) is 11.9. The Morgan fingerprint density at radius 2 is 1.96 bits per heavy atom. The van der Waals surface area contributed by atoms with Gasteiger partial charge in [-0.2, -0.15) is 5.10 Å². The van der Waals surface area contributed by atoms with Gasteiger partial charge in [0.2, 0.25) is 5.91 Å². The van der Waals surface area contributed by atoms with Gasteiger partial charge in [-0.15, -0.1) is 0 Å². The number of benzene rings is 1. The number of nitrogens with one attached hydrogen (secondary N) is 1. The molecule has 25 heavy (non-hydrogen) atoms. The average Bonchev–Trinajstić information content (AvgIpc) is 3.04. The summed E-state index contributed by atoms with van der Waals surface area (Å²) >= 11 is 0. The van der Waals surface area contributed by atoms with E-state index in [9.17, 15) is 14.4 Å². The molecule has 2 aromatic rings. The molecule has 0 aliphatic heterocycles. The zero-order valence-electron chi connectivity index (χ0n) is 14.5.